The maximum Gasteiger partial charge on any atom is 0.237 e. The lowest BCUT2D eigenvalue weighted by molar-refractivity contribution is -0.134. The Morgan fingerprint density at radius 2 is 1.90 bits per heavy atom. The van der Waals surface area contributed by atoms with Crippen molar-refractivity contribution in [1.82, 2.24) is 19.8 Å². The van der Waals surface area contributed by atoms with Gasteiger partial charge in [0.25, 0.3) is 0 Å². The molecule has 5 rings (SSSR count). The van der Waals surface area contributed by atoms with Gasteiger partial charge in [0.15, 0.2) is 0 Å². The van der Waals surface area contributed by atoms with Crippen LogP contribution in [-0.4, -0.2) is 78.2 Å². The number of rotatable bonds is 4. The Kier molecular flexibility index (Phi) is 5.16. The van der Waals surface area contributed by atoms with Gasteiger partial charge in [-0.2, -0.15) is 0 Å². The molecule has 1 aromatic heterocycles. The number of hydrogen-bond donors (Lipinski definition) is 0. The van der Waals surface area contributed by atoms with Crippen molar-refractivity contribution in [2.24, 2.45) is 11.8 Å². The van der Waals surface area contributed by atoms with Crippen molar-refractivity contribution in [2.75, 3.05) is 57.4 Å². The van der Waals surface area contributed by atoms with Crippen LogP contribution in [0.2, 0.25) is 0 Å². The molecule has 7 nitrogen and oxygen atoms in total. The zero-order chi connectivity index (χ0) is 19.6. The van der Waals surface area contributed by atoms with Gasteiger partial charge in [-0.15, -0.1) is 0 Å². The highest BCUT2D eigenvalue weighted by Gasteiger charge is 2.49. The van der Waals surface area contributed by atoms with E-state index in [2.05, 4.69) is 48.9 Å². The van der Waals surface area contributed by atoms with Gasteiger partial charge in [-0.05, 0) is 5.56 Å². The minimum Gasteiger partial charge on any atom is -0.379 e. The highest BCUT2D eigenvalue weighted by molar-refractivity contribution is 5.79. The van der Waals surface area contributed by atoms with Crippen LogP contribution in [-0.2, 0) is 9.53 Å². The van der Waals surface area contributed by atoms with Crippen LogP contribution in [0.15, 0.2) is 48.9 Å². The number of ether oxygens (including phenoxy) is 1. The fraction of sp³-hybridized carbons (Fsp3) is 0.500. The first kappa shape index (κ1) is 18.5. The fourth-order valence-corrected chi connectivity index (χ4v) is 5.06. The Morgan fingerprint density at radius 3 is 2.66 bits per heavy atom. The summed E-state index contributed by atoms with van der Waals surface area (Å²) < 4.78 is 5.43. The van der Waals surface area contributed by atoms with Gasteiger partial charge in [0.1, 0.15) is 5.82 Å². The number of likely N-dealkylation sites (tertiary alicyclic amines) is 1. The lowest BCUT2D eigenvalue weighted by Gasteiger charge is -2.33. The molecule has 3 atom stereocenters. The van der Waals surface area contributed by atoms with Gasteiger partial charge in [0, 0.05) is 57.0 Å². The molecule has 7 heteroatoms. The number of carbonyl (C=O) groups excluding carboxylic acids is 1. The van der Waals surface area contributed by atoms with Crippen LogP contribution >= 0.6 is 0 Å². The molecule has 3 aliphatic rings. The molecular formula is C22H27N5O2. The first-order valence-electron chi connectivity index (χ1n) is 10.4. The summed E-state index contributed by atoms with van der Waals surface area (Å²) in [5.74, 6) is 2.03. The van der Waals surface area contributed by atoms with E-state index in [0.717, 1.165) is 38.5 Å². The maximum absolute atomic E-state index is 13.3. The lowest BCUT2D eigenvalue weighted by Crippen LogP contribution is -2.45. The largest absolute Gasteiger partial charge is 0.379 e. The molecule has 1 amide bonds. The smallest absolute Gasteiger partial charge is 0.237 e. The van der Waals surface area contributed by atoms with Gasteiger partial charge in [-0.25, -0.2) is 4.98 Å². The molecule has 3 aliphatic heterocycles. The van der Waals surface area contributed by atoms with E-state index in [9.17, 15) is 4.79 Å². The van der Waals surface area contributed by atoms with Crippen LogP contribution in [0.3, 0.4) is 0 Å². The summed E-state index contributed by atoms with van der Waals surface area (Å²) >= 11 is 0. The number of benzene rings is 1. The second kappa shape index (κ2) is 8.08. The highest BCUT2D eigenvalue weighted by Crippen LogP contribution is 2.45. The SMILES string of the molecule is O=C(CN1CCOCC1)N1C[C@@H]2CN(c3cnccn3)C[C@@H]2[C@H]1c1ccccc1. The zero-order valence-electron chi connectivity index (χ0n) is 16.6. The van der Waals surface area contributed by atoms with E-state index in [0.29, 0.717) is 31.6 Å². The van der Waals surface area contributed by atoms with E-state index in [4.69, 9.17) is 4.74 Å². The van der Waals surface area contributed by atoms with E-state index in [1.807, 2.05) is 12.3 Å². The predicted octanol–water partition coefficient (Wildman–Crippen LogP) is 1.44. The maximum atomic E-state index is 13.3. The van der Waals surface area contributed by atoms with Crippen molar-refractivity contribution >= 4 is 11.7 Å². The lowest BCUT2D eigenvalue weighted by atomic mass is 9.89. The molecule has 29 heavy (non-hydrogen) atoms. The number of aromatic nitrogens is 2. The van der Waals surface area contributed by atoms with Crippen molar-refractivity contribution in [3.05, 3.63) is 54.5 Å². The normalized spacial score (nSPS) is 27.2. The summed E-state index contributed by atoms with van der Waals surface area (Å²) in [6.07, 6.45) is 5.29. The minimum absolute atomic E-state index is 0.122. The van der Waals surface area contributed by atoms with Crippen LogP contribution in [0.4, 0.5) is 5.82 Å². The van der Waals surface area contributed by atoms with Crippen LogP contribution < -0.4 is 4.90 Å². The van der Waals surface area contributed by atoms with E-state index >= 15 is 0 Å². The second-order valence-electron chi connectivity index (χ2n) is 8.18. The van der Waals surface area contributed by atoms with E-state index in [1.165, 1.54) is 5.56 Å². The van der Waals surface area contributed by atoms with Gasteiger partial charge in [0.05, 0.1) is 32.0 Å². The first-order chi connectivity index (χ1) is 14.3. The molecule has 0 spiro atoms. The number of fused-ring (bicyclic) bond motifs is 1. The molecule has 0 bridgehead atoms. The molecule has 0 aliphatic carbocycles. The summed E-state index contributed by atoms with van der Waals surface area (Å²) in [5.41, 5.74) is 1.23. The molecule has 0 N–H and O–H groups in total. The molecule has 3 fully saturated rings. The Morgan fingerprint density at radius 1 is 1.07 bits per heavy atom. The molecule has 1 aromatic carbocycles. The van der Waals surface area contributed by atoms with Crippen molar-refractivity contribution in [3.63, 3.8) is 0 Å². The molecule has 3 saturated heterocycles. The molecule has 2 aromatic rings. The summed E-state index contributed by atoms with van der Waals surface area (Å²) in [6.45, 7) is 6.23. The Bertz CT molecular complexity index is 828. The number of morpholine rings is 1. The van der Waals surface area contributed by atoms with Crippen LogP contribution in [0, 0.1) is 11.8 Å². The van der Waals surface area contributed by atoms with Crippen molar-refractivity contribution in [1.29, 1.82) is 0 Å². The zero-order valence-corrected chi connectivity index (χ0v) is 16.6. The summed E-state index contributed by atoms with van der Waals surface area (Å²) in [6, 6.07) is 10.6. The fourth-order valence-electron chi connectivity index (χ4n) is 5.06. The van der Waals surface area contributed by atoms with Gasteiger partial charge < -0.3 is 14.5 Å². The number of nitrogens with zero attached hydrogens (tertiary/aromatic N) is 5. The summed E-state index contributed by atoms with van der Waals surface area (Å²) in [4.78, 5) is 28.7. The Labute approximate surface area is 171 Å². The van der Waals surface area contributed by atoms with Gasteiger partial charge in [-0.3, -0.25) is 14.7 Å². The van der Waals surface area contributed by atoms with E-state index in [-0.39, 0.29) is 11.9 Å². The minimum atomic E-state index is 0.122. The molecule has 0 saturated carbocycles. The highest BCUT2D eigenvalue weighted by atomic mass is 16.5. The van der Waals surface area contributed by atoms with Crippen molar-refractivity contribution in [3.8, 4) is 0 Å². The number of carbonyl (C=O) groups is 1. The first-order valence-corrected chi connectivity index (χ1v) is 10.4. The van der Waals surface area contributed by atoms with E-state index in [1.54, 1.807) is 12.4 Å². The molecule has 0 radical (unpaired) electrons. The summed E-state index contributed by atoms with van der Waals surface area (Å²) in [5, 5.41) is 0. The average molecular weight is 393 g/mol. The standard InChI is InChI=1S/C22H27N5O2/c28-21(16-25-8-10-29-11-9-25)27-14-18-13-26(20-12-23-6-7-24-20)15-19(18)22(27)17-4-2-1-3-5-17/h1-7,12,18-19,22H,8-11,13-16H2/t18-,19-,22+/m0/s1. The number of amides is 1. The quantitative estimate of drug-likeness (QED) is 0.784. The topological polar surface area (TPSA) is 61.8 Å². The second-order valence-corrected chi connectivity index (χ2v) is 8.18. The van der Waals surface area contributed by atoms with Gasteiger partial charge in [0.2, 0.25) is 5.91 Å². The van der Waals surface area contributed by atoms with Crippen LogP contribution in [0.25, 0.3) is 0 Å². The predicted molar refractivity (Wildman–Crippen MR) is 109 cm³/mol. The molecular weight excluding hydrogens is 366 g/mol. The number of anilines is 1. The van der Waals surface area contributed by atoms with E-state index < -0.39 is 0 Å². The molecule has 152 valence electrons. The monoisotopic (exact) mass is 393 g/mol. The Balaban J connectivity index is 1.37. The summed E-state index contributed by atoms with van der Waals surface area (Å²) in [7, 11) is 0. The molecule has 4 heterocycles. The average Bonchev–Trinajstić information content (AvgIpc) is 3.34. The number of hydrogen-bond acceptors (Lipinski definition) is 6. The Hall–Kier alpha value is -2.51. The third-order valence-electron chi connectivity index (χ3n) is 6.46. The van der Waals surface area contributed by atoms with Crippen molar-refractivity contribution in [2.45, 2.75) is 6.04 Å². The van der Waals surface area contributed by atoms with Crippen molar-refractivity contribution < 1.29 is 9.53 Å². The third-order valence-corrected chi connectivity index (χ3v) is 6.46. The van der Waals surface area contributed by atoms with Crippen LogP contribution in [0.1, 0.15) is 11.6 Å². The molecule has 0 unspecified atom stereocenters. The van der Waals surface area contributed by atoms with Gasteiger partial charge >= 0.3 is 0 Å². The third kappa shape index (κ3) is 3.72. The van der Waals surface area contributed by atoms with Gasteiger partial charge in [-0.1, -0.05) is 30.3 Å². The van der Waals surface area contributed by atoms with Crippen LogP contribution in [0.5, 0.6) is 0 Å².